The van der Waals surface area contributed by atoms with Gasteiger partial charge in [0.25, 0.3) is 0 Å². The first-order valence-corrected chi connectivity index (χ1v) is 11.5. The van der Waals surface area contributed by atoms with Crippen molar-refractivity contribution in [1.82, 2.24) is 25.3 Å². The molecule has 30 heavy (non-hydrogen) atoms. The molecule has 4 heterocycles. The molecule has 2 aliphatic heterocycles. The Morgan fingerprint density at radius 2 is 2.13 bits per heavy atom. The minimum atomic E-state index is 0.643. The summed E-state index contributed by atoms with van der Waals surface area (Å²) in [5, 5.41) is 17.3. The van der Waals surface area contributed by atoms with E-state index in [4.69, 9.17) is 4.74 Å². The Morgan fingerprint density at radius 3 is 2.93 bits per heavy atom. The van der Waals surface area contributed by atoms with Crippen molar-refractivity contribution in [3.8, 4) is 11.3 Å². The van der Waals surface area contributed by atoms with Crippen LogP contribution in [-0.2, 0) is 11.8 Å². The lowest BCUT2D eigenvalue weighted by atomic mass is 9.82. The van der Waals surface area contributed by atoms with Crippen LogP contribution in [0.5, 0.6) is 0 Å². The van der Waals surface area contributed by atoms with Crippen molar-refractivity contribution in [2.45, 2.75) is 44.6 Å². The molecule has 2 N–H and O–H groups in total. The van der Waals surface area contributed by atoms with Crippen LogP contribution >= 0.6 is 0 Å². The predicted octanol–water partition coefficient (Wildman–Crippen LogP) is 3.78. The molecule has 1 aliphatic carbocycles. The molecule has 0 spiro atoms. The number of aryl methyl sites for hydroxylation is 2. The second kappa shape index (κ2) is 7.20. The average molecular weight is 406 g/mol. The molecule has 0 bridgehead atoms. The monoisotopic (exact) mass is 405 g/mol. The van der Waals surface area contributed by atoms with Gasteiger partial charge in [0, 0.05) is 36.8 Å². The van der Waals surface area contributed by atoms with Crippen molar-refractivity contribution in [3.63, 3.8) is 0 Å². The summed E-state index contributed by atoms with van der Waals surface area (Å²) in [6.07, 6.45) is 9.08. The zero-order valence-corrected chi connectivity index (χ0v) is 17.9. The number of hydrogen-bond acceptors (Lipinski definition) is 4. The molecule has 0 unspecified atom stereocenters. The summed E-state index contributed by atoms with van der Waals surface area (Å²) in [4.78, 5) is 0. The van der Waals surface area contributed by atoms with Gasteiger partial charge >= 0.3 is 0 Å². The molecule has 3 aliphatic rings. The van der Waals surface area contributed by atoms with Crippen molar-refractivity contribution in [3.05, 3.63) is 35.7 Å². The Kier molecular flexibility index (Phi) is 4.46. The van der Waals surface area contributed by atoms with Crippen LogP contribution in [0.4, 0.5) is 0 Å². The van der Waals surface area contributed by atoms with E-state index in [1.807, 2.05) is 24.1 Å². The third kappa shape index (κ3) is 3.00. The minimum absolute atomic E-state index is 0.643. The van der Waals surface area contributed by atoms with Crippen molar-refractivity contribution in [1.29, 1.82) is 0 Å². The van der Waals surface area contributed by atoms with Crippen molar-refractivity contribution in [2.75, 3.05) is 19.8 Å². The van der Waals surface area contributed by atoms with Gasteiger partial charge in [-0.2, -0.15) is 10.2 Å². The van der Waals surface area contributed by atoms with Crippen LogP contribution in [0.1, 0.15) is 42.7 Å². The lowest BCUT2D eigenvalue weighted by Crippen LogP contribution is -2.39. The Labute approximate surface area is 177 Å². The highest BCUT2D eigenvalue weighted by Crippen LogP contribution is 2.49. The van der Waals surface area contributed by atoms with Gasteiger partial charge in [-0.1, -0.05) is 0 Å². The largest absolute Gasteiger partial charge is 0.381 e. The fourth-order valence-electron chi connectivity index (χ4n) is 6.48. The van der Waals surface area contributed by atoms with Gasteiger partial charge in [0.1, 0.15) is 5.69 Å². The van der Waals surface area contributed by atoms with Gasteiger partial charge in [-0.3, -0.25) is 9.78 Å². The maximum absolute atomic E-state index is 5.81. The van der Waals surface area contributed by atoms with E-state index in [0.29, 0.717) is 17.9 Å². The predicted molar refractivity (Wildman–Crippen MR) is 117 cm³/mol. The summed E-state index contributed by atoms with van der Waals surface area (Å²) in [6.45, 7) is 5.33. The molecular formula is C24H31N5O. The number of fused-ring (bicyclic) bond motifs is 2. The van der Waals surface area contributed by atoms with Gasteiger partial charge in [-0.05, 0) is 86.1 Å². The van der Waals surface area contributed by atoms with Crippen LogP contribution in [0.25, 0.3) is 22.2 Å². The molecule has 1 aromatic carbocycles. The summed E-state index contributed by atoms with van der Waals surface area (Å²) < 4.78 is 7.65. The molecule has 6 heteroatoms. The number of benzene rings is 1. The number of rotatable bonds is 3. The molecule has 158 valence electrons. The van der Waals surface area contributed by atoms with Crippen LogP contribution in [0, 0.1) is 24.7 Å². The zero-order chi connectivity index (χ0) is 20.2. The molecular weight excluding hydrogens is 374 g/mol. The summed E-state index contributed by atoms with van der Waals surface area (Å²) in [7, 11) is 1.95. The molecule has 6 rings (SSSR count). The Bertz CT molecular complexity index is 1060. The van der Waals surface area contributed by atoms with Crippen molar-refractivity contribution >= 4 is 10.9 Å². The number of H-pyrrole nitrogens is 1. The molecule has 2 aromatic heterocycles. The highest BCUT2D eigenvalue weighted by molar-refractivity contribution is 5.93. The number of ether oxygens (including phenoxy) is 1. The zero-order valence-electron chi connectivity index (χ0n) is 17.9. The van der Waals surface area contributed by atoms with Gasteiger partial charge < -0.3 is 10.1 Å². The standard InChI is InChI=1S/C24H31N5O/c1-14-6-22-21(24(28-27-22)18-11-26-29(2)12-18)9-19(14)16-7-17-10-25-23(20(17)8-16)15-4-3-5-30-13-15/h6,9,11-12,15-17,20,23,25H,3-5,7-8,10,13H2,1-2H3,(H,27,28)/t15-,16+,17-,20+,23-/m0/s1. The van der Waals surface area contributed by atoms with Gasteiger partial charge in [0.2, 0.25) is 0 Å². The van der Waals surface area contributed by atoms with Crippen LogP contribution in [-0.4, -0.2) is 45.8 Å². The fraction of sp³-hybridized carbons (Fsp3) is 0.583. The highest BCUT2D eigenvalue weighted by atomic mass is 16.5. The lowest BCUT2D eigenvalue weighted by Gasteiger charge is -2.31. The Hall–Kier alpha value is -2.18. The molecule has 6 nitrogen and oxygen atoms in total. The third-order valence-corrected chi connectivity index (χ3v) is 7.90. The van der Waals surface area contributed by atoms with Crippen LogP contribution in [0.15, 0.2) is 24.5 Å². The second-order valence-electron chi connectivity index (χ2n) is 9.73. The first kappa shape index (κ1) is 18.6. The number of hydrogen-bond donors (Lipinski definition) is 2. The number of aromatic amines is 1. The lowest BCUT2D eigenvalue weighted by molar-refractivity contribution is 0.0345. The van der Waals surface area contributed by atoms with Gasteiger partial charge in [-0.15, -0.1) is 0 Å². The van der Waals surface area contributed by atoms with E-state index < -0.39 is 0 Å². The van der Waals surface area contributed by atoms with Crippen LogP contribution in [0.2, 0.25) is 0 Å². The van der Waals surface area contributed by atoms with Crippen molar-refractivity contribution < 1.29 is 4.74 Å². The second-order valence-corrected chi connectivity index (χ2v) is 9.73. The minimum Gasteiger partial charge on any atom is -0.381 e. The SMILES string of the molecule is Cc1cc2[nH]nc(-c3cnn(C)c3)c2cc1[C@@H]1C[C@H]2CN[C@@H]([C@H]3CCCOC3)[C@@H]2C1. The molecule has 3 aromatic rings. The summed E-state index contributed by atoms with van der Waals surface area (Å²) in [5.41, 5.74) is 6.11. The number of aromatic nitrogens is 4. The van der Waals surface area contributed by atoms with E-state index >= 15 is 0 Å². The number of nitrogens with zero attached hydrogens (tertiary/aromatic N) is 3. The topological polar surface area (TPSA) is 67.8 Å². The van der Waals surface area contributed by atoms with Gasteiger partial charge in [0.05, 0.1) is 18.3 Å². The average Bonchev–Trinajstić information content (AvgIpc) is 3.51. The molecule has 1 saturated carbocycles. The molecule has 2 saturated heterocycles. The first-order chi connectivity index (χ1) is 14.7. The van der Waals surface area contributed by atoms with E-state index in [1.54, 1.807) is 0 Å². The molecule has 0 radical (unpaired) electrons. The van der Waals surface area contributed by atoms with Crippen LogP contribution in [0.3, 0.4) is 0 Å². The first-order valence-electron chi connectivity index (χ1n) is 11.5. The Morgan fingerprint density at radius 1 is 1.20 bits per heavy atom. The normalized spacial score (nSPS) is 31.5. The maximum Gasteiger partial charge on any atom is 0.103 e. The highest BCUT2D eigenvalue weighted by Gasteiger charge is 2.46. The summed E-state index contributed by atoms with van der Waals surface area (Å²) in [6, 6.07) is 5.34. The van der Waals surface area contributed by atoms with Crippen LogP contribution < -0.4 is 5.32 Å². The molecule has 0 amide bonds. The maximum atomic E-state index is 5.81. The van der Waals surface area contributed by atoms with E-state index in [0.717, 1.165) is 41.8 Å². The Balaban J connectivity index is 1.30. The smallest absolute Gasteiger partial charge is 0.103 e. The summed E-state index contributed by atoms with van der Waals surface area (Å²) >= 11 is 0. The molecule has 3 fully saturated rings. The molecule has 5 atom stereocenters. The number of nitrogens with one attached hydrogen (secondary N) is 2. The van der Waals surface area contributed by atoms with Crippen molar-refractivity contribution in [2.24, 2.45) is 24.8 Å². The van der Waals surface area contributed by atoms with E-state index in [2.05, 4.69) is 39.7 Å². The quantitative estimate of drug-likeness (QED) is 0.696. The van der Waals surface area contributed by atoms with Gasteiger partial charge in [-0.25, -0.2) is 0 Å². The summed E-state index contributed by atoms with van der Waals surface area (Å²) in [5.74, 6) is 2.94. The van der Waals surface area contributed by atoms with E-state index in [-0.39, 0.29) is 0 Å². The van der Waals surface area contributed by atoms with Gasteiger partial charge in [0.15, 0.2) is 0 Å². The van der Waals surface area contributed by atoms with E-state index in [1.165, 1.54) is 48.7 Å². The third-order valence-electron chi connectivity index (χ3n) is 7.90. The van der Waals surface area contributed by atoms with E-state index in [9.17, 15) is 0 Å². The fourth-order valence-corrected chi connectivity index (χ4v) is 6.48.